The van der Waals surface area contributed by atoms with E-state index in [1.54, 1.807) is 6.92 Å². The van der Waals surface area contributed by atoms with Crippen molar-refractivity contribution >= 4 is 29.0 Å². The minimum absolute atomic E-state index is 0.164. The van der Waals surface area contributed by atoms with Crippen LogP contribution in [0.25, 0.3) is 0 Å². The quantitative estimate of drug-likeness (QED) is 0.578. The molecule has 0 aromatic carbocycles. The number of rotatable bonds is 3. The van der Waals surface area contributed by atoms with Crippen LogP contribution >= 0.6 is 12.2 Å². The molecule has 5 heteroatoms. The molecule has 1 fully saturated rings. The lowest BCUT2D eigenvalue weighted by molar-refractivity contribution is -0.152. The van der Waals surface area contributed by atoms with Gasteiger partial charge in [-0.1, -0.05) is 19.1 Å². The van der Waals surface area contributed by atoms with Gasteiger partial charge in [-0.15, -0.1) is 0 Å². The largest absolute Gasteiger partial charge is 0.391 e. The first-order valence-corrected chi connectivity index (χ1v) is 5.50. The lowest BCUT2D eigenvalue weighted by Crippen LogP contribution is -2.60. The van der Waals surface area contributed by atoms with Gasteiger partial charge in [0.1, 0.15) is 0 Å². The van der Waals surface area contributed by atoms with Gasteiger partial charge in [-0.2, -0.15) is 0 Å². The van der Waals surface area contributed by atoms with Crippen molar-refractivity contribution in [2.24, 2.45) is 5.73 Å². The maximum Gasteiger partial charge on any atom is 0.230 e. The summed E-state index contributed by atoms with van der Waals surface area (Å²) in [6.07, 6.45) is 2.00. The molecule has 4 nitrogen and oxygen atoms in total. The Kier molecular flexibility index (Phi) is 3.44. The van der Waals surface area contributed by atoms with E-state index in [1.165, 1.54) is 4.90 Å². The highest BCUT2D eigenvalue weighted by molar-refractivity contribution is 7.80. The molecule has 1 rings (SSSR count). The molecule has 0 spiro atoms. The van der Waals surface area contributed by atoms with Gasteiger partial charge in [0.05, 0.1) is 10.5 Å². The van der Waals surface area contributed by atoms with Gasteiger partial charge in [-0.25, -0.2) is 0 Å². The van der Waals surface area contributed by atoms with Gasteiger partial charge in [-0.05, 0) is 19.8 Å². The van der Waals surface area contributed by atoms with E-state index in [0.29, 0.717) is 25.7 Å². The van der Waals surface area contributed by atoms with Crippen LogP contribution in [0.15, 0.2) is 0 Å². The van der Waals surface area contributed by atoms with Gasteiger partial charge in [0.25, 0.3) is 0 Å². The Balaban J connectivity index is 3.05. The molecule has 1 heterocycles. The summed E-state index contributed by atoms with van der Waals surface area (Å²) in [7, 11) is 0. The minimum Gasteiger partial charge on any atom is -0.391 e. The first kappa shape index (κ1) is 12.1. The van der Waals surface area contributed by atoms with Crippen molar-refractivity contribution in [3.05, 3.63) is 0 Å². The monoisotopic (exact) mass is 228 g/mol. The summed E-state index contributed by atoms with van der Waals surface area (Å²) in [5, 5.41) is 0. The molecule has 1 aliphatic heterocycles. The molecular weight excluding hydrogens is 212 g/mol. The Labute approximate surface area is 94.8 Å². The molecule has 0 aliphatic carbocycles. The van der Waals surface area contributed by atoms with Gasteiger partial charge in [0.15, 0.2) is 0 Å². The lowest BCUT2D eigenvalue weighted by Gasteiger charge is -2.40. The van der Waals surface area contributed by atoms with E-state index in [2.05, 4.69) is 0 Å². The van der Waals surface area contributed by atoms with Crippen LogP contribution in [0.5, 0.6) is 0 Å². The number of amides is 2. The Hall–Kier alpha value is -0.970. The van der Waals surface area contributed by atoms with E-state index in [1.807, 2.05) is 6.92 Å². The fourth-order valence-electron chi connectivity index (χ4n) is 1.75. The number of imide groups is 1. The number of nitrogens with zero attached hydrogens (tertiary/aromatic N) is 1. The van der Waals surface area contributed by atoms with Crippen molar-refractivity contribution in [2.45, 2.75) is 45.1 Å². The molecule has 0 bridgehead atoms. The summed E-state index contributed by atoms with van der Waals surface area (Å²) in [6, 6.07) is 0. The van der Waals surface area contributed by atoms with Crippen LogP contribution in [0.1, 0.15) is 39.5 Å². The zero-order valence-electron chi connectivity index (χ0n) is 9.08. The number of carbonyl (C=O) groups is 2. The predicted octanol–water partition coefficient (Wildman–Crippen LogP) is 0.980. The Morgan fingerprint density at radius 1 is 1.47 bits per heavy atom. The van der Waals surface area contributed by atoms with Crippen LogP contribution in [0.4, 0.5) is 0 Å². The molecule has 2 amide bonds. The van der Waals surface area contributed by atoms with Gasteiger partial charge in [0, 0.05) is 12.8 Å². The highest BCUT2D eigenvalue weighted by Crippen LogP contribution is 2.26. The second kappa shape index (κ2) is 4.26. The predicted molar refractivity (Wildman–Crippen MR) is 61.2 cm³/mol. The fourth-order valence-corrected chi connectivity index (χ4v) is 1.98. The first-order chi connectivity index (χ1) is 6.93. The zero-order chi connectivity index (χ0) is 11.6. The number of piperidine rings is 1. The summed E-state index contributed by atoms with van der Waals surface area (Å²) in [5.74, 6) is -0.327. The second-order valence-corrected chi connectivity index (χ2v) is 4.41. The number of carbonyl (C=O) groups excluding carboxylic acids is 2. The molecular formula is C10H16N2O2S. The van der Waals surface area contributed by atoms with Crippen molar-refractivity contribution < 1.29 is 9.59 Å². The highest BCUT2D eigenvalue weighted by Gasteiger charge is 2.42. The minimum atomic E-state index is -0.802. The maximum atomic E-state index is 11.7. The van der Waals surface area contributed by atoms with E-state index in [4.69, 9.17) is 18.0 Å². The standard InChI is InChI=1S/C10H16N2O2S/c1-3-10(2,9(11)15)12-7(13)5-4-6-8(12)14/h3-6H2,1-2H3,(H2,11,15). The second-order valence-electron chi connectivity index (χ2n) is 3.97. The van der Waals surface area contributed by atoms with Crippen LogP contribution < -0.4 is 5.73 Å². The van der Waals surface area contributed by atoms with Gasteiger partial charge < -0.3 is 5.73 Å². The van der Waals surface area contributed by atoms with Crippen LogP contribution in [-0.2, 0) is 9.59 Å². The third-order valence-corrected chi connectivity index (χ3v) is 3.43. The van der Waals surface area contributed by atoms with Crippen LogP contribution in [-0.4, -0.2) is 27.2 Å². The molecule has 1 aliphatic rings. The molecule has 0 aromatic rings. The summed E-state index contributed by atoms with van der Waals surface area (Å²) >= 11 is 4.95. The molecule has 0 aromatic heterocycles. The van der Waals surface area contributed by atoms with E-state index in [9.17, 15) is 9.59 Å². The number of nitrogens with two attached hydrogens (primary N) is 1. The first-order valence-electron chi connectivity index (χ1n) is 5.09. The molecule has 1 saturated heterocycles. The summed E-state index contributed by atoms with van der Waals surface area (Å²) in [5.41, 5.74) is 4.82. The average Bonchev–Trinajstić information content (AvgIpc) is 2.16. The zero-order valence-corrected chi connectivity index (χ0v) is 9.89. The fraction of sp³-hybridized carbons (Fsp3) is 0.700. The Morgan fingerprint density at radius 3 is 2.27 bits per heavy atom. The van der Waals surface area contributed by atoms with Crippen molar-refractivity contribution in [2.75, 3.05) is 0 Å². The lowest BCUT2D eigenvalue weighted by atomic mass is 9.93. The number of thiocarbonyl (C=S) groups is 1. The van der Waals surface area contributed by atoms with Crippen LogP contribution in [0, 0.1) is 0 Å². The number of hydrogen-bond donors (Lipinski definition) is 1. The van der Waals surface area contributed by atoms with Crippen molar-refractivity contribution in [3.63, 3.8) is 0 Å². The number of likely N-dealkylation sites (tertiary alicyclic amines) is 1. The maximum absolute atomic E-state index is 11.7. The summed E-state index contributed by atoms with van der Waals surface area (Å²) in [6.45, 7) is 3.62. The van der Waals surface area contributed by atoms with Crippen molar-refractivity contribution in [3.8, 4) is 0 Å². The van der Waals surface area contributed by atoms with Gasteiger partial charge in [0.2, 0.25) is 11.8 Å². The van der Waals surface area contributed by atoms with Gasteiger partial charge in [-0.3, -0.25) is 14.5 Å². The number of hydrogen-bond acceptors (Lipinski definition) is 3. The summed E-state index contributed by atoms with van der Waals surface area (Å²) in [4.78, 5) is 24.9. The van der Waals surface area contributed by atoms with E-state index in [0.717, 1.165) is 0 Å². The van der Waals surface area contributed by atoms with Crippen molar-refractivity contribution in [1.29, 1.82) is 0 Å². The topological polar surface area (TPSA) is 63.4 Å². The SMILES string of the molecule is CCC(C)(C(N)=S)N1C(=O)CCCC1=O. The van der Waals surface area contributed by atoms with Crippen molar-refractivity contribution in [1.82, 2.24) is 4.90 Å². The molecule has 1 atom stereocenters. The van der Waals surface area contributed by atoms with E-state index in [-0.39, 0.29) is 16.8 Å². The van der Waals surface area contributed by atoms with E-state index < -0.39 is 5.54 Å². The normalized spacial score (nSPS) is 21.3. The molecule has 2 N–H and O–H groups in total. The third kappa shape index (κ3) is 2.02. The smallest absolute Gasteiger partial charge is 0.230 e. The Morgan fingerprint density at radius 2 is 1.93 bits per heavy atom. The van der Waals surface area contributed by atoms with Crippen LogP contribution in [0.2, 0.25) is 0 Å². The molecule has 84 valence electrons. The third-order valence-electron chi connectivity index (χ3n) is 2.99. The van der Waals surface area contributed by atoms with Gasteiger partial charge >= 0.3 is 0 Å². The highest BCUT2D eigenvalue weighted by atomic mass is 32.1. The van der Waals surface area contributed by atoms with Crippen LogP contribution in [0.3, 0.4) is 0 Å². The molecule has 0 radical (unpaired) electrons. The molecule has 15 heavy (non-hydrogen) atoms. The average molecular weight is 228 g/mol. The summed E-state index contributed by atoms with van der Waals surface area (Å²) < 4.78 is 0. The Bertz CT molecular complexity index is 301. The van der Waals surface area contributed by atoms with E-state index >= 15 is 0 Å². The molecule has 1 unspecified atom stereocenters. The molecule has 0 saturated carbocycles.